The van der Waals surface area contributed by atoms with Crippen LogP contribution in [-0.4, -0.2) is 30.2 Å². The molecule has 2 N–H and O–H groups in total. The second kappa shape index (κ2) is 11.0. The number of aliphatic hydroxyl groups excluding tert-OH is 1. The van der Waals surface area contributed by atoms with Crippen molar-refractivity contribution in [2.75, 3.05) is 19.5 Å². The molecule has 0 bridgehead atoms. The van der Waals surface area contributed by atoms with Crippen LogP contribution in [0.5, 0.6) is 11.5 Å². The molecule has 0 saturated carbocycles. The van der Waals surface area contributed by atoms with Gasteiger partial charge in [0, 0.05) is 11.8 Å². The number of aliphatic hydroxyl groups is 1. The van der Waals surface area contributed by atoms with Crippen molar-refractivity contribution in [3.63, 3.8) is 0 Å². The van der Waals surface area contributed by atoms with Crippen LogP contribution < -0.4 is 14.8 Å². The summed E-state index contributed by atoms with van der Waals surface area (Å²) in [5.74, 6) is 0.628. The minimum absolute atomic E-state index is 0.492. The summed E-state index contributed by atoms with van der Waals surface area (Å²) in [4.78, 5) is 17.0. The number of ether oxygens (including phenoxy) is 2. The number of nitrogens with one attached hydrogen (secondary N) is 1. The highest BCUT2D eigenvalue weighted by atomic mass is 16.5. The molecule has 1 heterocycles. The maximum Gasteiger partial charge on any atom is 0.257 e. The van der Waals surface area contributed by atoms with Gasteiger partial charge < -0.3 is 19.9 Å². The topological polar surface area (TPSA) is 80.7 Å². The van der Waals surface area contributed by atoms with E-state index in [9.17, 15) is 9.90 Å². The molecule has 1 aromatic heterocycles. The zero-order valence-electron chi connectivity index (χ0n) is 18.0. The smallest absolute Gasteiger partial charge is 0.257 e. The zero-order chi connectivity index (χ0) is 22.1. The molecular formula is C24H28N2O4. The van der Waals surface area contributed by atoms with Gasteiger partial charge >= 0.3 is 0 Å². The maximum absolute atomic E-state index is 12.6. The number of aromatic nitrogens is 1. The number of rotatable bonds is 6. The summed E-state index contributed by atoms with van der Waals surface area (Å²) in [6, 6.07) is 16.0. The first-order chi connectivity index (χ1) is 14.5. The van der Waals surface area contributed by atoms with Crippen LogP contribution in [0.4, 0.5) is 5.69 Å². The number of benzene rings is 2. The van der Waals surface area contributed by atoms with E-state index in [1.807, 2.05) is 39.0 Å². The van der Waals surface area contributed by atoms with Crippen LogP contribution in [0.25, 0.3) is 11.3 Å². The first-order valence-corrected chi connectivity index (χ1v) is 9.76. The minimum atomic E-state index is -1.28. The summed E-state index contributed by atoms with van der Waals surface area (Å²) < 4.78 is 10.6. The molecule has 0 fully saturated rings. The third-order valence-electron chi connectivity index (χ3n) is 4.36. The predicted octanol–water partition coefficient (Wildman–Crippen LogP) is 4.77. The van der Waals surface area contributed by atoms with Crippen LogP contribution in [-0.2, 0) is 4.79 Å². The van der Waals surface area contributed by atoms with Gasteiger partial charge in [0.25, 0.3) is 5.91 Å². The number of hydrogen-bond acceptors (Lipinski definition) is 5. The summed E-state index contributed by atoms with van der Waals surface area (Å²) in [7, 11) is 3.12. The Balaban J connectivity index is 0.00000155. The average Bonchev–Trinajstić information content (AvgIpc) is 2.80. The lowest BCUT2D eigenvalue weighted by molar-refractivity contribution is -0.124. The van der Waals surface area contributed by atoms with Gasteiger partial charge in [-0.3, -0.25) is 9.78 Å². The lowest BCUT2D eigenvalue weighted by Crippen LogP contribution is -2.21. The van der Waals surface area contributed by atoms with E-state index in [2.05, 4.69) is 10.3 Å². The number of amides is 1. The maximum atomic E-state index is 12.6. The fourth-order valence-electron chi connectivity index (χ4n) is 2.82. The van der Waals surface area contributed by atoms with E-state index in [-0.39, 0.29) is 0 Å². The molecule has 30 heavy (non-hydrogen) atoms. The quantitative estimate of drug-likeness (QED) is 0.614. The van der Waals surface area contributed by atoms with Gasteiger partial charge in [-0.2, -0.15) is 0 Å². The largest absolute Gasteiger partial charge is 0.493 e. The van der Waals surface area contributed by atoms with Gasteiger partial charge in [0.2, 0.25) is 0 Å². The zero-order valence-corrected chi connectivity index (χ0v) is 18.0. The van der Waals surface area contributed by atoms with Gasteiger partial charge in [0.1, 0.15) is 0 Å². The molecule has 0 aliphatic carbocycles. The van der Waals surface area contributed by atoms with E-state index in [0.29, 0.717) is 28.4 Å². The molecule has 6 nitrogen and oxygen atoms in total. The average molecular weight is 408 g/mol. The number of methoxy groups -OCH3 is 2. The monoisotopic (exact) mass is 408 g/mol. The van der Waals surface area contributed by atoms with Crippen LogP contribution in [0.3, 0.4) is 0 Å². The number of carbonyl (C=O) groups is 1. The van der Waals surface area contributed by atoms with Gasteiger partial charge in [-0.15, -0.1) is 0 Å². The second-order valence-corrected chi connectivity index (χ2v) is 6.27. The van der Waals surface area contributed by atoms with E-state index in [4.69, 9.17) is 9.47 Å². The Kier molecular flexibility index (Phi) is 8.38. The molecule has 2 aromatic carbocycles. The third-order valence-corrected chi connectivity index (χ3v) is 4.36. The minimum Gasteiger partial charge on any atom is -0.493 e. The molecule has 0 aliphatic heterocycles. The van der Waals surface area contributed by atoms with Crippen LogP contribution in [0.1, 0.15) is 31.1 Å². The molecule has 0 aliphatic rings. The number of aryl methyl sites for hydroxylation is 1. The van der Waals surface area contributed by atoms with Crippen molar-refractivity contribution >= 4 is 11.6 Å². The van der Waals surface area contributed by atoms with Gasteiger partial charge in [-0.1, -0.05) is 43.7 Å². The Morgan fingerprint density at radius 1 is 1.00 bits per heavy atom. The van der Waals surface area contributed by atoms with Crippen LogP contribution in [0.15, 0.2) is 60.8 Å². The van der Waals surface area contributed by atoms with Crippen LogP contribution in [0.2, 0.25) is 0 Å². The Morgan fingerprint density at radius 2 is 1.67 bits per heavy atom. The van der Waals surface area contributed by atoms with Crippen molar-refractivity contribution in [3.05, 3.63) is 71.9 Å². The lowest BCUT2D eigenvalue weighted by atomic mass is 10.1. The van der Waals surface area contributed by atoms with Crippen molar-refractivity contribution in [1.29, 1.82) is 0 Å². The summed E-state index contributed by atoms with van der Waals surface area (Å²) in [6.07, 6.45) is 0.358. The first-order valence-electron chi connectivity index (χ1n) is 9.76. The van der Waals surface area contributed by atoms with Crippen LogP contribution >= 0.6 is 0 Å². The molecule has 0 saturated heterocycles. The molecule has 0 spiro atoms. The van der Waals surface area contributed by atoms with Crippen molar-refractivity contribution in [2.24, 2.45) is 0 Å². The van der Waals surface area contributed by atoms with Gasteiger partial charge in [0.15, 0.2) is 17.6 Å². The summed E-state index contributed by atoms with van der Waals surface area (Å²) in [5.41, 5.74) is 3.39. The molecular weight excluding hydrogens is 380 g/mol. The number of carbonyl (C=O) groups excluding carboxylic acids is 1. The van der Waals surface area contributed by atoms with Gasteiger partial charge in [0.05, 0.1) is 25.6 Å². The summed E-state index contributed by atoms with van der Waals surface area (Å²) in [5, 5.41) is 13.1. The normalized spacial score (nSPS) is 11.0. The Morgan fingerprint density at radius 3 is 2.30 bits per heavy atom. The van der Waals surface area contributed by atoms with Crippen LogP contribution in [0, 0.1) is 6.92 Å². The molecule has 0 radical (unpaired) electrons. The Bertz CT molecular complexity index is 971. The van der Waals surface area contributed by atoms with E-state index < -0.39 is 12.0 Å². The molecule has 1 atom stereocenters. The molecule has 6 heteroatoms. The van der Waals surface area contributed by atoms with Gasteiger partial charge in [-0.05, 0) is 42.8 Å². The molecule has 1 amide bonds. The first kappa shape index (κ1) is 22.9. The molecule has 3 rings (SSSR count). The van der Waals surface area contributed by atoms with Crippen molar-refractivity contribution in [3.8, 4) is 22.8 Å². The number of nitrogens with zero attached hydrogens (tertiary/aromatic N) is 1. The van der Waals surface area contributed by atoms with E-state index in [1.54, 1.807) is 56.8 Å². The van der Waals surface area contributed by atoms with Crippen molar-refractivity contribution in [2.45, 2.75) is 26.9 Å². The fourth-order valence-corrected chi connectivity index (χ4v) is 2.82. The molecule has 158 valence electrons. The predicted molar refractivity (Wildman–Crippen MR) is 119 cm³/mol. The van der Waals surface area contributed by atoms with Crippen molar-refractivity contribution < 1.29 is 19.4 Å². The summed E-state index contributed by atoms with van der Waals surface area (Å²) in [6.45, 7) is 5.95. The standard InChI is InChI=1S/C22H22N2O4.C2H6/c1-14-6-8-15(9-7-14)21(25)22(26)24-17-5-4-12-23-20(17)16-10-11-18(27-2)19(13-16)28-3;1-2/h4-13,21,25H,1-3H3,(H,24,26);1-2H3. The number of anilines is 1. The van der Waals surface area contributed by atoms with Crippen molar-refractivity contribution in [1.82, 2.24) is 4.98 Å². The fraction of sp³-hybridized carbons (Fsp3) is 0.250. The van der Waals surface area contributed by atoms with Gasteiger partial charge in [-0.25, -0.2) is 0 Å². The molecule has 3 aromatic rings. The number of pyridine rings is 1. The molecule has 1 unspecified atom stereocenters. The van der Waals surface area contributed by atoms with E-state index >= 15 is 0 Å². The Labute approximate surface area is 177 Å². The highest BCUT2D eigenvalue weighted by Crippen LogP contribution is 2.34. The highest BCUT2D eigenvalue weighted by molar-refractivity contribution is 5.97. The SMILES string of the molecule is CC.COc1ccc(-c2ncccc2NC(=O)C(O)c2ccc(C)cc2)cc1OC. The summed E-state index contributed by atoms with van der Waals surface area (Å²) >= 11 is 0. The van der Waals surface area contributed by atoms with E-state index in [1.165, 1.54) is 0 Å². The lowest BCUT2D eigenvalue weighted by Gasteiger charge is -2.15. The number of hydrogen-bond donors (Lipinski definition) is 2. The Hall–Kier alpha value is -3.38. The van der Waals surface area contributed by atoms with E-state index in [0.717, 1.165) is 11.1 Å². The third kappa shape index (κ3) is 5.36. The second-order valence-electron chi connectivity index (χ2n) is 6.27. The highest BCUT2D eigenvalue weighted by Gasteiger charge is 2.19.